The first-order valence-electron chi connectivity index (χ1n) is 8.74. The molecule has 2 aromatic carbocycles. The average Bonchev–Trinajstić information content (AvgIpc) is 2.96. The van der Waals surface area contributed by atoms with Crippen molar-refractivity contribution in [2.75, 3.05) is 39.8 Å². The van der Waals surface area contributed by atoms with Gasteiger partial charge in [-0.3, -0.25) is 14.5 Å². The van der Waals surface area contributed by atoms with E-state index in [1.54, 1.807) is 37.4 Å². The molecule has 0 unspecified atom stereocenters. The Kier molecular flexibility index (Phi) is 5.96. The Morgan fingerprint density at radius 2 is 1.68 bits per heavy atom. The maximum Gasteiger partial charge on any atom is 0.278 e. The topological polar surface area (TPSA) is 77.1 Å². The van der Waals surface area contributed by atoms with Gasteiger partial charge in [0.05, 0.1) is 38.6 Å². The lowest BCUT2D eigenvalue weighted by Gasteiger charge is -2.15. The quantitative estimate of drug-likeness (QED) is 0.707. The van der Waals surface area contributed by atoms with E-state index in [0.717, 1.165) is 0 Å². The summed E-state index contributed by atoms with van der Waals surface area (Å²) in [7, 11) is 4.61. The second-order valence-corrected chi connectivity index (χ2v) is 6.06. The maximum atomic E-state index is 13.0. The molecule has 1 heterocycles. The van der Waals surface area contributed by atoms with Crippen molar-refractivity contribution < 1.29 is 23.8 Å². The van der Waals surface area contributed by atoms with Gasteiger partial charge in [0.15, 0.2) is 0 Å². The summed E-state index contributed by atoms with van der Waals surface area (Å²) in [6, 6.07) is 14.3. The van der Waals surface area contributed by atoms with Crippen molar-refractivity contribution in [1.29, 1.82) is 0 Å². The lowest BCUT2D eigenvalue weighted by molar-refractivity contribution is -0.137. The standard InChI is InChI=1S/C21H22N2O5/c1-26-12-11-23-20(24)18(14-7-5-4-6-8-14)19(21(23)25)22-16-10-9-15(27-2)13-17(16)28-3/h4-10,13,22H,11-12H2,1-3H3. The predicted molar refractivity (Wildman–Crippen MR) is 105 cm³/mol. The Morgan fingerprint density at radius 3 is 2.32 bits per heavy atom. The minimum Gasteiger partial charge on any atom is -0.497 e. The summed E-state index contributed by atoms with van der Waals surface area (Å²) in [6.45, 7) is 0.439. The minimum atomic E-state index is -0.404. The molecule has 0 aliphatic carbocycles. The predicted octanol–water partition coefficient (Wildman–Crippen LogP) is 2.54. The van der Waals surface area contributed by atoms with Crippen molar-refractivity contribution >= 4 is 23.1 Å². The van der Waals surface area contributed by atoms with Gasteiger partial charge in [-0.05, 0) is 17.7 Å². The molecule has 2 aromatic rings. The first-order valence-corrected chi connectivity index (χ1v) is 8.74. The van der Waals surface area contributed by atoms with E-state index in [1.165, 1.54) is 19.1 Å². The number of benzene rings is 2. The molecule has 0 bridgehead atoms. The molecule has 146 valence electrons. The first kappa shape index (κ1) is 19.4. The second-order valence-electron chi connectivity index (χ2n) is 6.06. The maximum absolute atomic E-state index is 13.0. The number of ether oxygens (including phenoxy) is 3. The van der Waals surface area contributed by atoms with Crippen LogP contribution >= 0.6 is 0 Å². The van der Waals surface area contributed by atoms with Crippen LogP contribution in [0.25, 0.3) is 5.57 Å². The zero-order chi connectivity index (χ0) is 20.1. The van der Waals surface area contributed by atoms with Crippen molar-refractivity contribution in [1.82, 2.24) is 4.90 Å². The van der Waals surface area contributed by atoms with Crippen molar-refractivity contribution in [3.8, 4) is 11.5 Å². The van der Waals surface area contributed by atoms with Crippen LogP contribution in [0.3, 0.4) is 0 Å². The van der Waals surface area contributed by atoms with E-state index in [2.05, 4.69) is 5.32 Å². The molecular weight excluding hydrogens is 360 g/mol. The highest BCUT2D eigenvalue weighted by atomic mass is 16.5. The van der Waals surface area contributed by atoms with E-state index < -0.39 is 5.91 Å². The normalized spacial score (nSPS) is 13.9. The number of imide groups is 1. The number of carbonyl (C=O) groups is 2. The monoisotopic (exact) mass is 382 g/mol. The third-order valence-corrected chi connectivity index (χ3v) is 4.42. The lowest BCUT2D eigenvalue weighted by atomic mass is 10.0. The molecule has 0 spiro atoms. The van der Waals surface area contributed by atoms with E-state index in [-0.39, 0.29) is 24.8 Å². The highest BCUT2D eigenvalue weighted by Gasteiger charge is 2.39. The molecule has 1 aliphatic heterocycles. The van der Waals surface area contributed by atoms with Crippen molar-refractivity contribution in [2.45, 2.75) is 0 Å². The lowest BCUT2D eigenvalue weighted by Crippen LogP contribution is -2.35. The van der Waals surface area contributed by atoms with Crippen LogP contribution in [0.5, 0.6) is 11.5 Å². The Hall–Kier alpha value is -3.32. The fourth-order valence-corrected chi connectivity index (χ4v) is 2.99. The third-order valence-electron chi connectivity index (χ3n) is 4.42. The summed E-state index contributed by atoms with van der Waals surface area (Å²) < 4.78 is 15.6. The van der Waals surface area contributed by atoms with E-state index in [9.17, 15) is 9.59 Å². The van der Waals surface area contributed by atoms with Crippen LogP contribution in [0, 0.1) is 0 Å². The van der Waals surface area contributed by atoms with Gasteiger partial charge >= 0.3 is 0 Å². The summed E-state index contributed by atoms with van der Waals surface area (Å²) in [4.78, 5) is 27.2. The van der Waals surface area contributed by atoms with E-state index in [4.69, 9.17) is 14.2 Å². The number of nitrogens with one attached hydrogen (secondary N) is 1. The summed E-state index contributed by atoms with van der Waals surface area (Å²) in [5.74, 6) is 0.354. The molecule has 0 radical (unpaired) electrons. The van der Waals surface area contributed by atoms with Crippen LogP contribution in [-0.4, -0.2) is 51.2 Å². The highest BCUT2D eigenvalue weighted by molar-refractivity contribution is 6.36. The summed E-state index contributed by atoms with van der Waals surface area (Å²) >= 11 is 0. The third kappa shape index (κ3) is 3.70. The molecule has 7 nitrogen and oxygen atoms in total. The minimum absolute atomic E-state index is 0.176. The van der Waals surface area contributed by atoms with Gasteiger partial charge < -0.3 is 19.5 Å². The van der Waals surface area contributed by atoms with E-state index in [1.807, 2.05) is 18.2 Å². The molecule has 0 aromatic heterocycles. The zero-order valence-corrected chi connectivity index (χ0v) is 16.0. The van der Waals surface area contributed by atoms with Crippen molar-refractivity contribution in [3.63, 3.8) is 0 Å². The highest BCUT2D eigenvalue weighted by Crippen LogP contribution is 2.34. The molecule has 2 amide bonds. The summed E-state index contributed by atoms with van der Waals surface area (Å²) in [5.41, 5.74) is 1.74. The van der Waals surface area contributed by atoms with Gasteiger partial charge in [-0.2, -0.15) is 0 Å². The number of methoxy groups -OCH3 is 3. The molecule has 28 heavy (non-hydrogen) atoms. The number of amides is 2. The fraction of sp³-hybridized carbons (Fsp3) is 0.238. The number of rotatable bonds is 8. The van der Waals surface area contributed by atoms with Gasteiger partial charge in [-0.25, -0.2) is 0 Å². The molecule has 1 N–H and O–H groups in total. The van der Waals surface area contributed by atoms with Crippen LogP contribution < -0.4 is 14.8 Å². The average molecular weight is 382 g/mol. The second kappa shape index (κ2) is 8.58. The van der Waals surface area contributed by atoms with Crippen LogP contribution in [0.15, 0.2) is 54.2 Å². The summed E-state index contributed by atoms with van der Waals surface area (Å²) in [5, 5.41) is 3.09. The van der Waals surface area contributed by atoms with Gasteiger partial charge in [0.2, 0.25) is 0 Å². The van der Waals surface area contributed by atoms with Gasteiger partial charge in [0, 0.05) is 13.2 Å². The smallest absolute Gasteiger partial charge is 0.278 e. The van der Waals surface area contributed by atoms with Crippen LogP contribution in [0.1, 0.15) is 5.56 Å². The zero-order valence-electron chi connectivity index (χ0n) is 16.0. The molecule has 0 saturated carbocycles. The fourth-order valence-electron chi connectivity index (χ4n) is 2.99. The largest absolute Gasteiger partial charge is 0.497 e. The summed E-state index contributed by atoms with van der Waals surface area (Å²) in [6.07, 6.45) is 0. The van der Waals surface area contributed by atoms with Crippen molar-refractivity contribution in [3.05, 3.63) is 59.8 Å². The first-order chi connectivity index (χ1) is 13.6. The molecule has 3 rings (SSSR count). The van der Waals surface area contributed by atoms with Crippen LogP contribution in [-0.2, 0) is 14.3 Å². The SMILES string of the molecule is COCCN1C(=O)C(Nc2ccc(OC)cc2OC)=C(c2ccccc2)C1=O. The molecule has 1 aliphatic rings. The Bertz CT molecular complexity index is 908. The Labute approximate surface area is 163 Å². The number of anilines is 1. The van der Waals surface area contributed by atoms with Crippen LogP contribution in [0.4, 0.5) is 5.69 Å². The molecular formula is C21H22N2O5. The number of nitrogens with zero attached hydrogens (tertiary/aromatic N) is 1. The molecule has 0 fully saturated rings. The molecule has 0 atom stereocenters. The van der Waals surface area contributed by atoms with Crippen LogP contribution in [0.2, 0.25) is 0 Å². The van der Waals surface area contributed by atoms with E-state index in [0.29, 0.717) is 28.3 Å². The van der Waals surface area contributed by atoms with E-state index >= 15 is 0 Å². The Morgan fingerprint density at radius 1 is 0.929 bits per heavy atom. The molecule has 7 heteroatoms. The van der Waals surface area contributed by atoms with Gasteiger partial charge in [-0.15, -0.1) is 0 Å². The van der Waals surface area contributed by atoms with Gasteiger partial charge in [0.25, 0.3) is 11.8 Å². The Balaban J connectivity index is 2.04. The number of hydrogen-bond donors (Lipinski definition) is 1. The van der Waals surface area contributed by atoms with Gasteiger partial charge in [0.1, 0.15) is 17.2 Å². The molecule has 0 saturated heterocycles. The van der Waals surface area contributed by atoms with Crippen molar-refractivity contribution in [2.24, 2.45) is 0 Å². The number of hydrogen-bond acceptors (Lipinski definition) is 6. The number of carbonyl (C=O) groups excluding carboxylic acids is 2. The van der Waals surface area contributed by atoms with Gasteiger partial charge in [-0.1, -0.05) is 30.3 Å².